The van der Waals surface area contributed by atoms with Gasteiger partial charge in [-0.3, -0.25) is 0 Å². The van der Waals surface area contributed by atoms with Gasteiger partial charge >= 0.3 is 0 Å². The summed E-state index contributed by atoms with van der Waals surface area (Å²) < 4.78 is 16.5. The zero-order valence-electron chi connectivity index (χ0n) is 15.5. The van der Waals surface area contributed by atoms with Crippen LogP contribution in [-0.2, 0) is 6.42 Å². The molecular formula is C21H29NO3. The van der Waals surface area contributed by atoms with Gasteiger partial charge in [-0.25, -0.2) is 0 Å². The summed E-state index contributed by atoms with van der Waals surface area (Å²) in [6.07, 6.45) is 3.00. The molecule has 0 saturated heterocycles. The molecule has 4 heteroatoms. The van der Waals surface area contributed by atoms with E-state index in [4.69, 9.17) is 19.9 Å². The second-order valence-corrected chi connectivity index (χ2v) is 6.10. The van der Waals surface area contributed by atoms with Gasteiger partial charge in [0.1, 0.15) is 5.75 Å². The topological polar surface area (TPSA) is 53.7 Å². The molecule has 2 rings (SSSR count). The van der Waals surface area contributed by atoms with Gasteiger partial charge in [-0.2, -0.15) is 0 Å². The summed E-state index contributed by atoms with van der Waals surface area (Å²) in [5.74, 6) is 2.69. The Morgan fingerprint density at radius 2 is 1.72 bits per heavy atom. The van der Waals surface area contributed by atoms with Gasteiger partial charge in [0.25, 0.3) is 0 Å². The van der Waals surface area contributed by atoms with E-state index in [9.17, 15) is 0 Å². The number of benzene rings is 2. The second-order valence-electron chi connectivity index (χ2n) is 6.10. The molecule has 0 aliphatic heterocycles. The van der Waals surface area contributed by atoms with E-state index in [1.807, 2.05) is 18.2 Å². The molecule has 0 aromatic heterocycles. The predicted molar refractivity (Wildman–Crippen MR) is 102 cm³/mol. The highest BCUT2D eigenvalue weighted by molar-refractivity contribution is 5.43. The van der Waals surface area contributed by atoms with Crippen molar-refractivity contribution in [3.05, 3.63) is 53.6 Å². The molecule has 0 aliphatic carbocycles. The fourth-order valence-electron chi connectivity index (χ4n) is 2.79. The maximum atomic E-state index is 6.03. The third-order valence-corrected chi connectivity index (χ3v) is 4.34. The van der Waals surface area contributed by atoms with Gasteiger partial charge in [0.15, 0.2) is 11.5 Å². The molecule has 0 aliphatic rings. The van der Waals surface area contributed by atoms with Crippen molar-refractivity contribution in [2.24, 2.45) is 5.73 Å². The van der Waals surface area contributed by atoms with Crippen molar-refractivity contribution in [2.45, 2.75) is 32.1 Å². The number of hydrogen-bond donors (Lipinski definition) is 1. The zero-order chi connectivity index (χ0) is 18.1. The first-order chi connectivity index (χ1) is 12.2. The second kappa shape index (κ2) is 9.94. The van der Waals surface area contributed by atoms with Crippen molar-refractivity contribution in [1.29, 1.82) is 0 Å². The lowest BCUT2D eigenvalue weighted by Crippen LogP contribution is -2.15. The minimum atomic E-state index is 0.253. The Kier molecular flexibility index (Phi) is 7.61. The maximum absolute atomic E-state index is 6.03. The third-order valence-electron chi connectivity index (χ3n) is 4.34. The van der Waals surface area contributed by atoms with E-state index in [-0.39, 0.29) is 5.92 Å². The summed E-state index contributed by atoms with van der Waals surface area (Å²) in [4.78, 5) is 0. The Bertz CT molecular complexity index is 640. The largest absolute Gasteiger partial charge is 0.497 e. The van der Waals surface area contributed by atoms with Crippen molar-refractivity contribution < 1.29 is 14.2 Å². The van der Waals surface area contributed by atoms with E-state index < -0.39 is 0 Å². The monoisotopic (exact) mass is 343 g/mol. The molecule has 0 bridgehead atoms. The van der Waals surface area contributed by atoms with Crippen LogP contribution in [0.4, 0.5) is 0 Å². The SMILES string of the molecule is CCCCOc1cc(CC(CN)c2ccc(OC)cc2)ccc1OC. The Morgan fingerprint density at radius 1 is 0.960 bits per heavy atom. The highest BCUT2D eigenvalue weighted by atomic mass is 16.5. The molecule has 1 unspecified atom stereocenters. The number of ether oxygens (including phenoxy) is 3. The summed E-state index contributed by atoms with van der Waals surface area (Å²) in [6.45, 7) is 3.44. The van der Waals surface area contributed by atoms with Crippen molar-refractivity contribution in [3.8, 4) is 17.2 Å². The van der Waals surface area contributed by atoms with Crippen LogP contribution >= 0.6 is 0 Å². The molecule has 136 valence electrons. The van der Waals surface area contributed by atoms with Gasteiger partial charge in [-0.1, -0.05) is 31.5 Å². The molecule has 0 heterocycles. The van der Waals surface area contributed by atoms with Gasteiger partial charge < -0.3 is 19.9 Å². The molecule has 0 radical (unpaired) electrons. The molecule has 0 spiro atoms. The molecule has 0 amide bonds. The van der Waals surface area contributed by atoms with Crippen LogP contribution in [0.3, 0.4) is 0 Å². The van der Waals surface area contributed by atoms with E-state index >= 15 is 0 Å². The number of rotatable bonds is 10. The molecule has 0 saturated carbocycles. The Balaban J connectivity index is 2.14. The predicted octanol–water partition coefficient (Wildman–Crippen LogP) is 4.17. The third kappa shape index (κ3) is 5.40. The van der Waals surface area contributed by atoms with E-state index in [1.54, 1.807) is 14.2 Å². The first kappa shape index (κ1) is 19.1. The van der Waals surface area contributed by atoms with Gasteiger partial charge in [0.05, 0.1) is 20.8 Å². The lowest BCUT2D eigenvalue weighted by atomic mass is 9.92. The molecule has 0 fully saturated rings. The van der Waals surface area contributed by atoms with Crippen LogP contribution in [0.1, 0.15) is 36.8 Å². The van der Waals surface area contributed by atoms with E-state index in [0.29, 0.717) is 13.2 Å². The molecule has 2 aromatic carbocycles. The smallest absolute Gasteiger partial charge is 0.161 e. The van der Waals surface area contributed by atoms with E-state index in [0.717, 1.165) is 36.5 Å². The molecule has 2 aromatic rings. The average Bonchev–Trinajstić information content (AvgIpc) is 2.66. The zero-order valence-corrected chi connectivity index (χ0v) is 15.5. The number of hydrogen-bond acceptors (Lipinski definition) is 4. The van der Waals surface area contributed by atoms with Gasteiger partial charge in [-0.15, -0.1) is 0 Å². The summed E-state index contributed by atoms with van der Waals surface area (Å²) in [7, 11) is 3.34. The standard InChI is InChI=1S/C21H29NO3/c1-4-5-12-25-21-14-16(6-11-20(21)24-3)13-18(15-22)17-7-9-19(23-2)10-8-17/h6-11,14,18H,4-5,12-13,15,22H2,1-3H3. The van der Waals surface area contributed by atoms with Crippen LogP contribution in [0.25, 0.3) is 0 Å². The van der Waals surface area contributed by atoms with Gasteiger partial charge in [0.2, 0.25) is 0 Å². The molecule has 2 N–H and O–H groups in total. The highest BCUT2D eigenvalue weighted by Gasteiger charge is 2.13. The van der Waals surface area contributed by atoms with Crippen molar-refractivity contribution in [1.82, 2.24) is 0 Å². The number of unbranched alkanes of at least 4 members (excludes halogenated alkanes) is 1. The molecular weight excluding hydrogens is 314 g/mol. The molecule has 25 heavy (non-hydrogen) atoms. The highest BCUT2D eigenvalue weighted by Crippen LogP contribution is 2.31. The fraction of sp³-hybridized carbons (Fsp3) is 0.429. The first-order valence-electron chi connectivity index (χ1n) is 8.85. The normalized spacial score (nSPS) is 11.8. The van der Waals surface area contributed by atoms with Crippen LogP contribution in [-0.4, -0.2) is 27.4 Å². The first-order valence-corrected chi connectivity index (χ1v) is 8.85. The van der Waals surface area contributed by atoms with Crippen LogP contribution in [0.2, 0.25) is 0 Å². The van der Waals surface area contributed by atoms with Crippen LogP contribution in [0, 0.1) is 0 Å². The summed E-state index contributed by atoms with van der Waals surface area (Å²) in [6, 6.07) is 14.2. The summed E-state index contributed by atoms with van der Waals surface area (Å²) in [5, 5.41) is 0. The summed E-state index contributed by atoms with van der Waals surface area (Å²) >= 11 is 0. The minimum absolute atomic E-state index is 0.253. The van der Waals surface area contributed by atoms with Crippen LogP contribution in [0.5, 0.6) is 17.2 Å². The van der Waals surface area contributed by atoms with Crippen LogP contribution in [0.15, 0.2) is 42.5 Å². The van der Waals surface area contributed by atoms with Crippen molar-refractivity contribution >= 4 is 0 Å². The molecule has 4 nitrogen and oxygen atoms in total. The Labute approximate surface area is 150 Å². The van der Waals surface area contributed by atoms with Crippen molar-refractivity contribution in [2.75, 3.05) is 27.4 Å². The maximum Gasteiger partial charge on any atom is 0.161 e. The Hall–Kier alpha value is -2.20. The lowest BCUT2D eigenvalue weighted by Gasteiger charge is -2.17. The molecule has 1 atom stereocenters. The van der Waals surface area contributed by atoms with E-state index in [1.165, 1.54) is 11.1 Å². The van der Waals surface area contributed by atoms with E-state index in [2.05, 4.69) is 31.2 Å². The van der Waals surface area contributed by atoms with Crippen LogP contribution < -0.4 is 19.9 Å². The summed E-state index contributed by atoms with van der Waals surface area (Å²) in [5.41, 5.74) is 8.44. The van der Waals surface area contributed by atoms with Gasteiger partial charge in [-0.05, 0) is 54.8 Å². The Morgan fingerprint density at radius 3 is 2.32 bits per heavy atom. The minimum Gasteiger partial charge on any atom is -0.497 e. The number of nitrogens with two attached hydrogens (primary N) is 1. The van der Waals surface area contributed by atoms with Gasteiger partial charge in [0, 0.05) is 5.92 Å². The lowest BCUT2D eigenvalue weighted by molar-refractivity contribution is 0.288. The average molecular weight is 343 g/mol. The quantitative estimate of drug-likeness (QED) is 0.658. The fourth-order valence-corrected chi connectivity index (χ4v) is 2.79. The number of methoxy groups -OCH3 is 2. The van der Waals surface area contributed by atoms with Crippen molar-refractivity contribution in [3.63, 3.8) is 0 Å².